The van der Waals surface area contributed by atoms with Gasteiger partial charge in [-0.1, -0.05) is 48.5 Å². The van der Waals surface area contributed by atoms with Crippen molar-refractivity contribution < 1.29 is 9.59 Å². The number of benzene rings is 3. The van der Waals surface area contributed by atoms with Crippen molar-refractivity contribution in [3.63, 3.8) is 0 Å². The van der Waals surface area contributed by atoms with Gasteiger partial charge in [0.25, 0.3) is 5.91 Å². The lowest BCUT2D eigenvalue weighted by atomic mass is 10.0. The molecule has 2 amide bonds. The van der Waals surface area contributed by atoms with Gasteiger partial charge in [0.05, 0.1) is 0 Å². The van der Waals surface area contributed by atoms with Crippen LogP contribution >= 0.6 is 0 Å². The Labute approximate surface area is 176 Å². The summed E-state index contributed by atoms with van der Waals surface area (Å²) in [6.07, 6.45) is 0. The van der Waals surface area contributed by atoms with Crippen molar-refractivity contribution in [3.8, 4) is 11.1 Å². The zero-order valence-electron chi connectivity index (χ0n) is 17.0. The van der Waals surface area contributed by atoms with E-state index in [2.05, 4.69) is 22.3 Å². The van der Waals surface area contributed by atoms with Gasteiger partial charge in [0.1, 0.15) is 0 Å². The lowest BCUT2D eigenvalue weighted by Crippen LogP contribution is -2.48. The second-order valence-corrected chi connectivity index (χ2v) is 7.44. The first-order valence-electron chi connectivity index (χ1n) is 10.2. The molecule has 1 aliphatic rings. The number of nitrogens with zero attached hydrogens (tertiary/aromatic N) is 2. The van der Waals surface area contributed by atoms with Crippen LogP contribution < -0.4 is 10.2 Å². The highest BCUT2D eigenvalue weighted by atomic mass is 16.2. The van der Waals surface area contributed by atoms with Crippen LogP contribution in [0, 0.1) is 0 Å². The highest BCUT2D eigenvalue weighted by molar-refractivity contribution is 6.04. The van der Waals surface area contributed by atoms with Crippen LogP contribution in [0.1, 0.15) is 17.3 Å². The van der Waals surface area contributed by atoms with Crippen LogP contribution in [0.5, 0.6) is 0 Å². The molecule has 0 spiro atoms. The van der Waals surface area contributed by atoms with Crippen LogP contribution in [-0.2, 0) is 4.79 Å². The average Bonchev–Trinajstić information content (AvgIpc) is 2.80. The monoisotopic (exact) mass is 399 g/mol. The van der Waals surface area contributed by atoms with E-state index < -0.39 is 0 Å². The Hall–Kier alpha value is -3.60. The Morgan fingerprint density at radius 1 is 0.767 bits per heavy atom. The maximum Gasteiger partial charge on any atom is 0.255 e. The standard InChI is InChI=1S/C25H25N3O2/c1-19(29)27-14-16-28(17-15-27)24-9-5-8-23(18-24)26-25(30)22-12-10-21(11-13-22)20-6-3-2-4-7-20/h2-13,18H,14-17H2,1H3,(H,26,30). The fourth-order valence-corrected chi connectivity index (χ4v) is 3.71. The lowest BCUT2D eigenvalue weighted by molar-refractivity contribution is -0.129. The fraction of sp³-hybridized carbons (Fsp3) is 0.200. The van der Waals surface area contributed by atoms with Crippen molar-refractivity contribution in [3.05, 3.63) is 84.4 Å². The summed E-state index contributed by atoms with van der Waals surface area (Å²) >= 11 is 0. The highest BCUT2D eigenvalue weighted by Crippen LogP contribution is 2.23. The summed E-state index contributed by atoms with van der Waals surface area (Å²) < 4.78 is 0. The molecule has 1 N–H and O–H groups in total. The smallest absolute Gasteiger partial charge is 0.255 e. The predicted molar refractivity (Wildman–Crippen MR) is 121 cm³/mol. The topological polar surface area (TPSA) is 52.7 Å². The first-order valence-corrected chi connectivity index (χ1v) is 10.2. The number of hydrogen-bond donors (Lipinski definition) is 1. The quantitative estimate of drug-likeness (QED) is 0.713. The van der Waals surface area contributed by atoms with Crippen LogP contribution in [-0.4, -0.2) is 42.9 Å². The van der Waals surface area contributed by atoms with E-state index in [1.807, 2.05) is 71.6 Å². The third-order valence-electron chi connectivity index (χ3n) is 5.45. The molecule has 3 aromatic carbocycles. The van der Waals surface area contributed by atoms with Gasteiger partial charge in [-0.3, -0.25) is 9.59 Å². The van der Waals surface area contributed by atoms with Gasteiger partial charge < -0.3 is 15.1 Å². The second-order valence-electron chi connectivity index (χ2n) is 7.44. The first kappa shape index (κ1) is 19.7. The number of amides is 2. The number of hydrogen-bond acceptors (Lipinski definition) is 3. The van der Waals surface area contributed by atoms with Gasteiger partial charge in [-0.15, -0.1) is 0 Å². The molecule has 0 aromatic heterocycles. The number of nitrogens with one attached hydrogen (secondary N) is 1. The number of anilines is 2. The summed E-state index contributed by atoms with van der Waals surface area (Å²) in [5.41, 5.74) is 4.64. The van der Waals surface area contributed by atoms with E-state index >= 15 is 0 Å². The van der Waals surface area contributed by atoms with E-state index in [0.29, 0.717) is 5.56 Å². The first-order chi connectivity index (χ1) is 14.6. The minimum absolute atomic E-state index is 0.119. The molecule has 0 unspecified atom stereocenters. The molecule has 4 rings (SSSR count). The van der Waals surface area contributed by atoms with Crippen molar-refractivity contribution in [2.75, 3.05) is 36.4 Å². The van der Waals surface area contributed by atoms with Crippen LogP contribution in [0.15, 0.2) is 78.9 Å². The summed E-state index contributed by atoms with van der Waals surface area (Å²) in [4.78, 5) is 28.3. The largest absolute Gasteiger partial charge is 0.368 e. The van der Waals surface area contributed by atoms with Crippen molar-refractivity contribution in [1.29, 1.82) is 0 Å². The van der Waals surface area contributed by atoms with E-state index in [-0.39, 0.29) is 11.8 Å². The van der Waals surface area contributed by atoms with Crippen molar-refractivity contribution in [2.24, 2.45) is 0 Å². The van der Waals surface area contributed by atoms with Gasteiger partial charge in [-0.25, -0.2) is 0 Å². The van der Waals surface area contributed by atoms with Crippen LogP contribution in [0.2, 0.25) is 0 Å². The van der Waals surface area contributed by atoms with E-state index in [1.165, 1.54) is 0 Å². The summed E-state index contributed by atoms with van der Waals surface area (Å²) in [5.74, 6) is -0.0119. The second kappa shape index (κ2) is 8.82. The number of carbonyl (C=O) groups excluding carboxylic acids is 2. The third kappa shape index (κ3) is 4.51. The van der Waals surface area contributed by atoms with Gasteiger partial charge in [0.2, 0.25) is 5.91 Å². The lowest BCUT2D eigenvalue weighted by Gasteiger charge is -2.35. The SMILES string of the molecule is CC(=O)N1CCN(c2cccc(NC(=O)c3ccc(-c4ccccc4)cc3)c2)CC1. The van der Waals surface area contributed by atoms with E-state index in [1.54, 1.807) is 6.92 Å². The average molecular weight is 399 g/mol. The molecule has 1 heterocycles. The molecule has 0 radical (unpaired) electrons. The van der Waals surface area contributed by atoms with E-state index in [9.17, 15) is 9.59 Å². The van der Waals surface area contributed by atoms with Gasteiger partial charge in [0.15, 0.2) is 0 Å². The summed E-state index contributed by atoms with van der Waals surface area (Å²) in [5, 5.41) is 2.99. The molecular weight excluding hydrogens is 374 g/mol. The Balaban J connectivity index is 1.41. The molecule has 1 fully saturated rings. The normalized spacial score (nSPS) is 13.8. The molecule has 152 valence electrons. The van der Waals surface area contributed by atoms with Crippen molar-refractivity contribution >= 4 is 23.2 Å². The van der Waals surface area contributed by atoms with Crippen LogP contribution in [0.4, 0.5) is 11.4 Å². The molecule has 0 aliphatic carbocycles. The Morgan fingerprint density at radius 2 is 1.43 bits per heavy atom. The molecule has 30 heavy (non-hydrogen) atoms. The minimum atomic E-state index is -0.131. The molecular formula is C25H25N3O2. The Morgan fingerprint density at radius 3 is 2.10 bits per heavy atom. The van der Waals surface area contributed by atoms with Crippen LogP contribution in [0.3, 0.4) is 0 Å². The molecule has 1 saturated heterocycles. The molecule has 0 atom stereocenters. The number of rotatable bonds is 4. The van der Waals surface area contributed by atoms with Gasteiger partial charge >= 0.3 is 0 Å². The third-order valence-corrected chi connectivity index (χ3v) is 5.45. The summed E-state index contributed by atoms with van der Waals surface area (Å²) in [7, 11) is 0. The number of piperazine rings is 1. The molecule has 3 aromatic rings. The van der Waals surface area contributed by atoms with Gasteiger partial charge in [-0.2, -0.15) is 0 Å². The summed E-state index contributed by atoms with van der Waals surface area (Å²) in [6.45, 7) is 4.63. The Bertz CT molecular complexity index is 1020. The molecule has 5 nitrogen and oxygen atoms in total. The molecule has 1 aliphatic heterocycles. The zero-order chi connectivity index (χ0) is 20.9. The molecule has 0 bridgehead atoms. The van der Waals surface area contributed by atoms with Crippen molar-refractivity contribution in [2.45, 2.75) is 6.92 Å². The maximum absolute atomic E-state index is 12.7. The van der Waals surface area contributed by atoms with Gasteiger partial charge in [-0.05, 0) is 41.5 Å². The van der Waals surface area contributed by atoms with E-state index in [0.717, 1.165) is 48.7 Å². The fourth-order valence-electron chi connectivity index (χ4n) is 3.71. The summed E-state index contributed by atoms with van der Waals surface area (Å²) in [6, 6.07) is 25.6. The zero-order valence-corrected chi connectivity index (χ0v) is 17.0. The number of carbonyl (C=O) groups is 2. The molecule has 5 heteroatoms. The van der Waals surface area contributed by atoms with Crippen molar-refractivity contribution in [1.82, 2.24) is 4.90 Å². The maximum atomic E-state index is 12.7. The molecule has 0 saturated carbocycles. The Kier molecular flexibility index (Phi) is 5.80. The van der Waals surface area contributed by atoms with Gasteiger partial charge in [0, 0.05) is 50.0 Å². The minimum Gasteiger partial charge on any atom is -0.368 e. The highest BCUT2D eigenvalue weighted by Gasteiger charge is 2.19. The predicted octanol–water partition coefficient (Wildman–Crippen LogP) is 4.27. The van der Waals surface area contributed by atoms with Crippen LogP contribution in [0.25, 0.3) is 11.1 Å². The van der Waals surface area contributed by atoms with E-state index in [4.69, 9.17) is 0 Å².